The fourth-order valence-electron chi connectivity index (χ4n) is 1.48. The summed E-state index contributed by atoms with van der Waals surface area (Å²) in [6, 6.07) is 10.00. The molecular formula is C11H7N3S2. The minimum atomic E-state index is 0.683. The smallest absolute Gasteiger partial charge is 0.181 e. The van der Waals surface area contributed by atoms with Crippen molar-refractivity contribution in [1.29, 1.82) is 0 Å². The molecule has 1 aromatic carbocycles. The highest BCUT2D eigenvalue weighted by atomic mass is 32.1. The van der Waals surface area contributed by atoms with Gasteiger partial charge >= 0.3 is 0 Å². The second-order valence-corrected chi connectivity index (χ2v) is 4.94. The first-order chi connectivity index (χ1) is 7.84. The SMILES string of the molecule is S=c1sc(-c2ccccc2)nc2nc[nH]c12. The zero-order valence-electron chi connectivity index (χ0n) is 8.18. The first-order valence-corrected chi connectivity index (χ1v) is 5.97. The fourth-order valence-corrected chi connectivity index (χ4v) is 2.69. The quantitative estimate of drug-likeness (QED) is 0.668. The monoisotopic (exact) mass is 245 g/mol. The lowest BCUT2D eigenvalue weighted by molar-refractivity contribution is 1.31. The van der Waals surface area contributed by atoms with Crippen LogP contribution in [0.1, 0.15) is 0 Å². The number of hydrogen-bond acceptors (Lipinski definition) is 4. The molecule has 1 N–H and O–H groups in total. The van der Waals surface area contributed by atoms with E-state index in [9.17, 15) is 0 Å². The molecule has 3 rings (SSSR count). The molecule has 5 heteroatoms. The van der Waals surface area contributed by atoms with E-state index in [1.54, 1.807) is 6.33 Å². The van der Waals surface area contributed by atoms with Crippen molar-refractivity contribution in [2.75, 3.05) is 0 Å². The van der Waals surface area contributed by atoms with Crippen molar-refractivity contribution in [2.45, 2.75) is 0 Å². The molecular weight excluding hydrogens is 238 g/mol. The second kappa shape index (κ2) is 3.77. The first-order valence-electron chi connectivity index (χ1n) is 4.74. The number of hydrogen-bond donors (Lipinski definition) is 1. The number of nitrogens with zero attached hydrogens (tertiary/aromatic N) is 2. The van der Waals surface area contributed by atoms with Crippen LogP contribution in [0.4, 0.5) is 0 Å². The number of fused-ring (bicyclic) bond motifs is 1. The highest BCUT2D eigenvalue weighted by Gasteiger charge is 2.05. The summed E-state index contributed by atoms with van der Waals surface area (Å²) >= 11 is 6.80. The number of benzene rings is 1. The minimum Gasteiger partial charge on any atom is -0.341 e. The van der Waals surface area contributed by atoms with Gasteiger partial charge in [-0.3, -0.25) is 0 Å². The summed E-state index contributed by atoms with van der Waals surface area (Å²) in [6.07, 6.45) is 1.62. The Morgan fingerprint density at radius 3 is 2.81 bits per heavy atom. The molecule has 0 aliphatic carbocycles. The Morgan fingerprint density at radius 1 is 1.19 bits per heavy atom. The zero-order chi connectivity index (χ0) is 11.0. The van der Waals surface area contributed by atoms with Gasteiger partial charge in [0.25, 0.3) is 0 Å². The van der Waals surface area contributed by atoms with Crippen LogP contribution >= 0.6 is 23.6 Å². The van der Waals surface area contributed by atoms with E-state index in [0.29, 0.717) is 5.65 Å². The summed E-state index contributed by atoms with van der Waals surface area (Å²) in [5.41, 5.74) is 2.60. The van der Waals surface area contributed by atoms with Gasteiger partial charge in [0.05, 0.1) is 6.33 Å². The highest BCUT2D eigenvalue weighted by Crippen LogP contribution is 2.25. The summed E-state index contributed by atoms with van der Waals surface area (Å²) in [4.78, 5) is 11.6. The Balaban J connectivity index is 2.30. The third-order valence-corrected chi connectivity index (χ3v) is 3.60. The van der Waals surface area contributed by atoms with Crippen LogP contribution in [0.5, 0.6) is 0 Å². The molecule has 3 aromatic rings. The Morgan fingerprint density at radius 2 is 2.00 bits per heavy atom. The molecule has 2 aromatic heterocycles. The Bertz CT molecular complexity index is 685. The van der Waals surface area contributed by atoms with E-state index < -0.39 is 0 Å². The van der Waals surface area contributed by atoms with Crippen LogP contribution in [0.25, 0.3) is 21.7 Å². The Kier molecular flexibility index (Phi) is 2.27. The van der Waals surface area contributed by atoms with E-state index >= 15 is 0 Å². The third-order valence-electron chi connectivity index (χ3n) is 2.24. The normalized spacial score (nSPS) is 10.8. The molecule has 0 bridgehead atoms. The molecule has 16 heavy (non-hydrogen) atoms. The van der Waals surface area contributed by atoms with Crippen LogP contribution in [0.15, 0.2) is 36.7 Å². The van der Waals surface area contributed by atoms with Crippen LogP contribution in [0.2, 0.25) is 0 Å². The summed E-state index contributed by atoms with van der Waals surface area (Å²) in [5, 5.41) is 0.908. The molecule has 78 valence electrons. The highest BCUT2D eigenvalue weighted by molar-refractivity contribution is 7.74. The number of aromatic nitrogens is 3. The number of rotatable bonds is 1. The molecule has 0 fully saturated rings. The predicted octanol–water partition coefficient (Wildman–Crippen LogP) is 3.42. The van der Waals surface area contributed by atoms with Gasteiger partial charge in [-0.05, 0) is 0 Å². The molecule has 0 amide bonds. The van der Waals surface area contributed by atoms with Gasteiger partial charge in [0.1, 0.15) is 14.3 Å². The maximum absolute atomic E-state index is 5.30. The lowest BCUT2D eigenvalue weighted by atomic mass is 10.2. The van der Waals surface area contributed by atoms with Crippen molar-refractivity contribution in [2.24, 2.45) is 0 Å². The fraction of sp³-hybridized carbons (Fsp3) is 0. The maximum atomic E-state index is 5.30. The Labute approximate surface area is 101 Å². The molecule has 0 saturated heterocycles. The molecule has 0 aliphatic rings. The number of nitrogens with one attached hydrogen (secondary N) is 1. The van der Waals surface area contributed by atoms with Gasteiger partial charge in [-0.25, -0.2) is 9.97 Å². The van der Waals surface area contributed by atoms with E-state index in [2.05, 4.69) is 15.0 Å². The van der Waals surface area contributed by atoms with Gasteiger partial charge in [0.2, 0.25) is 0 Å². The largest absolute Gasteiger partial charge is 0.341 e. The van der Waals surface area contributed by atoms with Crippen molar-refractivity contribution in [3.8, 4) is 10.6 Å². The molecule has 0 spiro atoms. The minimum absolute atomic E-state index is 0.683. The molecule has 0 unspecified atom stereocenters. The second-order valence-electron chi connectivity index (χ2n) is 3.27. The van der Waals surface area contributed by atoms with Crippen LogP contribution in [-0.2, 0) is 0 Å². The standard InChI is InChI=1S/C11H7N3S2/c15-11-8-9(13-6-12-8)14-10(16-11)7-4-2-1-3-5-7/h1-6H,(H,12,13). The lowest BCUT2D eigenvalue weighted by Crippen LogP contribution is -1.82. The van der Waals surface area contributed by atoms with Gasteiger partial charge < -0.3 is 4.98 Å². The van der Waals surface area contributed by atoms with Crippen LogP contribution in [0.3, 0.4) is 0 Å². The van der Waals surface area contributed by atoms with Gasteiger partial charge in [-0.2, -0.15) is 0 Å². The first kappa shape index (κ1) is 9.62. The van der Waals surface area contributed by atoms with Crippen LogP contribution in [0, 0.1) is 3.82 Å². The average molecular weight is 245 g/mol. The van der Waals surface area contributed by atoms with E-state index in [-0.39, 0.29) is 0 Å². The number of imidazole rings is 1. The van der Waals surface area contributed by atoms with Crippen molar-refractivity contribution >= 4 is 34.7 Å². The molecule has 3 nitrogen and oxygen atoms in total. The lowest BCUT2D eigenvalue weighted by Gasteiger charge is -1.98. The molecule has 0 saturated carbocycles. The van der Waals surface area contributed by atoms with Crippen molar-refractivity contribution < 1.29 is 0 Å². The summed E-state index contributed by atoms with van der Waals surface area (Å²) in [5.74, 6) is 0. The predicted molar refractivity (Wildman–Crippen MR) is 68.0 cm³/mol. The third kappa shape index (κ3) is 1.54. The van der Waals surface area contributed by atoms with Crippen LogP contribution < -0.4 is 0 Å². The van der Waals surface area contributed by atoms with Gasteiger partial charge in [-0.1, -0.05) is 42.5 Å². The zero-order valence-corrected chi connectivity index (χ0v) is 9.81. The van der Waals surface area contributed by atoms with Crippen molar-refractivity contribution in [1.82, 2.24) is 15.0 Å². The van der Waals surface area contributed by atoms with Crippen molar-refractivity contribution in [3.05, 3.63) is 40.5 Å². The summed E-state index contributed by atoms with van der Waals surface area (Å²) in [6.45, 7) is 0. The van der Waals surface area contributed by atoms with Gasteiger partial charge in [0.15, 0.2) is 5.65 Å². The number of aromatic amines is 1. The maximum Gasteiger partial charge on any atom is 0.181 e. The van der Waals surface area contributed by atoms with E-state index in [1.807, 2.05) is 30.3 Å². The number of H-pyrrole nitrogens is 1. The topological polar surface area (TPSA) is 41.6 Å². The van der Waals surface area contributed by atoms with E-state index in [1.165, 1.54) is 11.3 Å². The van der Waals surface area contributed by atoms with E-state index in [4.69, 9.17) is 12.2 Å². The summed E-state index contributed by atoms with van der Waals surface area (Å²) in [7, 11) is 0. The molecule has 0 radical (unpaired) electrons. The molecule has 0 aliphatic heterocycles. The van der Waals surface area contributed by atoms with Gasteiger partial charge in [0, 0.05) is 5.56 Å². The van der Waals surface area contributed by atoms with Crippen LogP contribution in [-0.4, -0.2) is 15.0 Å². The summed E-state index contributed by atoms with van der Waals surface area (Å²) < 4.78 is 0.793. The van der Waals surface area contributed by atoms with E-state index in [0.717, 1.165) is 19.9 Å². The average Bonchev–Trinajstić information content (AvgIpc) is 2.79. The Hall–Kier alpha value is -1.59. The van der Waals surface area contributed by atoms with Crippen molar-refractivity contribution in [3.63, 3.8) is 0 Å². The van der Waals surface area contributed by atoms with Gasteiger partial charge in [-0.15, -0.1) is 11.3 Å². The molecule has 2 heterocycles. The molecule has 0 atom stereocenters.